The average Bonchev–Trinajstić information content (AvgIpc) is 3.30. The lowest BCUT2D eigenvalue weighted by Crippen LogP contribution is -2.30. The Balaban J connectivity index is 1.69. The van der Waals surface area contributed by atoms with Gasteiger partial charge in [-0.2, -0.15) is 0 Å². The van der Waals surface area contributed by atoms with Gasteiger partial charge in [0.25, 0.3) is 5.91 Å². The Hall–Kier alpha value is -3.16. The first-order valence-electron chi connectivity index (χ1n) is 10.7. The molecular weight excluding hydrogens is 458 g/mol. The van der Waals surface area contributed by atoms with Crippen LogP contribution in [0.15, 0.2) is 60.9 Å². The first kappa shape index (κ1) is 23.0. The van der Waals surface area contributed by atoms with Gasteiger partial charge in [0, 0.05) is 18.0 Å². The molecule has 6 nitrogen and oxygen atoms in total. The molecule has 33 heavy (non-hydrogen) atoms. The summed E-state index contributed by atoms with van der Waals surface area (Å²) >= 11 is 7.78. The van der Waals surface area contributed by atoms with Crippen LogP contribution in [0.5, 0.6) is 11.5 Å². The highest BCUT2D eigenvalue weighted by Gasteiger charge is 2.24. The predicted octanol–water partition coefficient (Wildman–Crippen LogP) is 6.38. The van der Waals surface area contributed by atoms with E-state index in [1.54, 1.807) is 48.7 Å². The Kier molecular flexibility index (Phi) is 7.42. The number of benzene rings is 2. The first-order chi connectivity index (χ1) is 16.1. The molecule has 2 aromatic heterocycles. The third-order valence-corrected chi connectivity index (χ3v) is 6.61. The summed E-state index contributed by atoms with van der Waals surface area (Å²) < 4.78 is 12.0. The molecule has 2 heterocycles. The molecule has 0 saturated carbocycles. The molecule has 0 bridgehead atoms. The Bertz CT molecular complexity index is 1230. The zero-order valence-corrected chi connectivity index (χ0v) is 20.0. The zero-order chi connectivity index (χ0) is 23.2. The summed E-state index contributed by atoms with van der Waals surface area (Å²) in [5.41, 5.74) is 2.07. The predicted molar refractivity (Wildman–Crippen MR) is 133 cm³/mol. The van der Waals surface area contributed by atoms with Crippen LogP contribution >= 0.6 is 22.9 Å². The highest BCUT2D eigenvalue weighted by Crippen LogP contribution is 2.39. The van der Waals surface area contributed by atoms with Gasteiger partial charge in [0.05, 0.1) is 30.0 Å². The number of hydrogen-bond acceptors (Lipinski definition) is 6. The number of methoxy groups -OCH3 is 1. The molecule has 4 aromatic rings. The van der Waals surface area contributed by atoms with E-state index in [1.165, 1.54) is 11.3 Å². The van der Waals surface area contributed by atoms with Gasteiger partial charge < -0.3 is 9.47 Å². The number of hydrogen-bond donors (Lipinski definition) is 0. The van der Waals surface area contributed by atoms with Crippen molar-refractivity contribution in [3.63, 3.8) is 0 Å². The smallest absolute Gasteiger partial charge is 0.260 e. The van der Waals surface area contributed by atoms with Crippen LogP contribution in [-0.4, -0.2) is 29.6 Å². The lowest BCUT2D eigenvalue weighted by molar-refractivity contribution is 0.0985. The molecule has 0 unspecified atom stereocenters. The Morgan fingerprint density at radius 1 is 1.15 bits per heavy atom. The molecule has 0 spiro atoms. The maximum atomic E-state index is 13.6. The maximum absolute atomic E-state index is 13.6. The molecule has 0 aliphatic heterocycles. The second-order valence-corrected chi connectivity index (χ2v) is 8.79. The number of carbonyl (C=O) groups excluding carboxylic acids is 1. The monoisotopic (exact) mass is 481 g/mol. The highest BCUT2D eigenvalue weighted by atomic mass is 35.5. The normalized spacial score (nSPS) is 10.9. The summed E-state index contributed by atoms with van der Waals surface area (Å²) in [4.78, 5) is 24.2. The Morgan fingerprint density at radius 3 is 2.67 bits per heavy atom. The molecule has 2 aromatic carbocycles. The van der Waals surface area contributed by atoms with Crippen molar-refractivity contribution < 1.29 is 14.3 Å². The Morgan fingerprint density at radius 2 is 1.97 bits per heavy atom. The largest absolute Gasteiger partial charge is 0.494 e. The summed E-state index contributed by atoms with van der Waals surface area (Å²) in [6.07, 6.45) is 5.50. The minimum absolute atomic E-state index is 0.173. The van der Waals surface area contributed by atoms with Crippen molar-refractivity contribution in [3.8, 4) is 11.5 Å². The molecule has 0 saturated heterocycles. The van der Waals surface area contributed by atoms with Crippen LogP contribution in [0.1, 0.15) is 35.7 Å². The van der Waals surface area contributed by atoms with Crippen molar-refractivity contribution in [2.24, 2.45) is 0 Å². The van der Waals surface area contributed by atoms with Crippen molar-refractivity contribution in [3.05, 3.63) is 77.1 Å². The number of thiazole rings is 1. The van der Waals surface area contributed by atoms with Gasteiger partial charge in [0.1, 0.15) is 17.0 Å². The number of aromatic nitrogens is 2. The van der Waals surface area contributed by atoms with Gasteiger partial charge in [0.2, 0.25) is 0 Å². The van der Waals surface area contributed by atoms with Gasteiger partial charge >= 0.3 is 0 Å². The number of anilines is 1. The van der Waals surface area contributed by atoms with E-state index in [1.807, 2.05) is 24.3 Å². The number of unbranched alkanes of at least 4 members (excludes halogenated alkanes) is 1. The molecule has 0 radical (unpaired) electrons. The van der Waals surface area contributed by atoms with Crippen LogP contribution in [0.25, 0.3) is 10.2 Å². The lowest BCUT2D eigenvalue weighted by atomic mass is 10.1. The summed E-state index contributed by atoms with van der Waals surface area (Å²) in [7, 11) is 1.59. The van der Waals surface area contributed by atoms with Crippen molar-refractivity contribution in [2.45, 2.75) is 26.3 Å². The molecule has 170 valence electrons. The lowest BCUT2D eigenvalue weighted by Gasteiger charge is -2.20. The van der Waals surface area contributed by atoms with Crippen molar-refractivity contribution in [1.82, 2.24) is 9.97 Å². The van der Waals surface area contributed by atoms with E-state index in [4.69, 9.17) is 26.1 Å². The van der Waals surface area contributed by atoms with Gasteiger partial charge in [-0.1, -0.05) is 42.3 Å². The van der Waals surface area contributed by atoms with E-state index in [0.717, 1.165) is 28.9 Å². The van der Waals surface area contributed by atoms with E-state index in [2.05, 4.69) is 11.9 Å². The molecule has 0 aliphatic carbocycles. The molecule has 1 amide bonds. The number of ether oxygens (including phenoxy) is 2. The zero-order valence-electron chi connectivity index (χ0n) is 18.5. The van der Waals surface area contributed by atoms with E-state index in [-0.39, 0.29) is 5.91 Å². The van der Waals surface area contributed by atoms with Gasteiger partial charge in [-0.25, -0.2) is 4.98 Å². The second-order valence-electron chi connectivity index (χ2n) is 7.40. The topological polar surface area (TPSA) is 64.5 Å². The fourth-order valence-electron chi connectivity index (χ4n) is 3.31. The fraction of sp³-hybridized carbons (Fsp3) is 0.240. The van der Waals surface area contributed by atoms with E-state index in [0.29, 0.717) is 40.1 Å². The van der Waals surface area contributed by atoms with Crippen LogP contribution < -0.4 is 14.4 Å². The number of nitrogens with zero attached hydrogens (tertiary/aromatic N) is 3. The SMILES string of the molecule is CCCCOc1ccc(C(=O)N(Cc2cccnc2)c2nc3c(OC)ccc(Cl)c3s2)cc1. The van der Waals surface area contributed by atoms with Crippen LogP contribution in [-0.2, 0) is 6.54 Å². The van der Waals surface area contributed by atoms with Crippen LogP contribution in [0.4, 0.5) is 5.13 Å². The molecular formula is C25H24ClN3O3S. The second kappa shape index (κ2) is 10.6. The first-order valence-corrected chi connectivity index (χ1v) is 11.9. The summed E-state index contributed by atoms with van der Waals surface area (Å²) in [5, 5.41) is 1.10. The third-order valence-electron chi connectivity index (χ3n) is 5.07. The van der Waals surface area contributed by atoms with E-state index >= 15 is 0 Å². The van der Waals surface area contributed by atoms with Crippen molar-refractivity contribution >= 4 is 44.2 Å². The average molecular weight is 482 g/mol. The number of carbonyl (C=O) groups is 1. The summed E-state index contributed by atoms with van der Waals surface area (Å²) in [6.45, 7) is 3.10. The molecule has 0 fully saturated rings. The minimum Gasteiger partial charge on any atom is -0.494 e. The van der Waals surface area contributed by atoms with Gasteiger partial charge in [-0.15, -0.1) is 0 Å². The van der Waals surface area contributed by atoms with Gasteiger partial charge in [0.15, 0.2) is 5.13 Å². The number of fused-ring (bicyclic) bond motifs is 1. The van der Waals surface area contributed by atoms with E-state index in [9.17, 15) is 4.79 Å². The number of rotatable bonds is 9. The summed E-state index contributed by atoms with van der Waals surface area (Å²) in [6, 6.07) is 14.5. The molecule has 0 atom stereocenters. The maximum Gasteiger partial charge on any atom is 0.260 e. The van der Waals surface area contributed by atoms with Crippen LogP contribution in [0.2, 0.25) is 5.02 Å². The standard InChI is InChI=1S/C25H24ClN3O3S/c1-3-4-14-32-19-9-7-18(8-10-19)24(30)29(16-17-6-5-13-27-15-17)25-28-22-21(31-2)12-11-20(26)23(22)33-25/h5-13,15H,3-4,14,16H2,1-2H3. The minimum atomic E-state index is -0.173. The quantitative estimate of drug-likeness (QED) is 0.259. The third kappa shape index (κ3) is 5.26. The van der Waals surface area contributed by atoms with E-state index < -0.39 is 0 Å². The van der Waals surface area contributed by atoms with Gasteiger partial charge in [-0.05, 0) is 54.4 Å². The highest BCUT2D eigenvalue weighted by molar-refractivity contribution is 7.23. The van der Waals surface area contributed by atoms with Crippen LogP contribution in [0.3, 0.4) is 0 Å². The molecule has 8 heteroatoms. The Labute approximate surface area is 201 Å². The number of amides is 1. The van der Waals surface area contributed by atoms with Crippen molar-refractivity contribution in [1.29, 1.82) is 0 Å². The van der Waals surface area contributed by atoms with Crippen molar-refractivity contribution in [2.75, 3.05) is 18.6 Å². The number of halogens is 1. The van der Waals surface area contributed by atoms with Crippen LogP contribution in [0, 0.1) is 0 Å². The fourth-order valence-corrected chi connectivity index (χ4v) is 4.56. The van der Waals surface area contributed by atoms with Gasteiger partial charge in [-0.3, -0.25) is 14.7 Å². The molecule has 0 aliphatic rings. The molecule has 4 rings (SSSR count). The number of pyridine rings is 1. The summed E-state index contributed by atoms with van der Waals surface area (Å²) in [5.74, 6) is 1.18. The molecule has 0 N–H and O–H groups in total.